The summed E-state index contributed by atoms with van der Waals surface area (Å²) in [4.78, 5) is 12.3. The molecule has 1 fully saturated rings. The van der Waals surface area contributed by atoms with E-state index in [4.69, 9.17) is 11.6 Å². The Balaban J connectivity index is 1.95. The third-order valence-electron chi connectivity index (χ3n) is 4.09. The number of aliphatic hydroxyl groups excluding tert-OH is 1. The number of hydrogen-bond donors (Lipinski definition) is 2. The zero-order valence-corrected chi connectivity index (χ0v) is 12.8. The predicted molar refractivity (Wildman–Crippen MR) is 80.7 cm³/mol. The van der Waals surface area contributed by atoms with Crippen LogP contribution in [0.5, 0.6) is 0 Å². The second-order valence-electron chi connectivity index (χ2n) is 6.07. The first-order valence-corrected chi connectivity index (χ1v) is 7.50. The molecule has 2 rings (SSSR count). The fraction of sp³-hybridized carbons (Fsp3) is 0.562. The Labute approximate surface area is 125 Å². The summed E-state index contributed by atoms with van der Waals surface area (Å²) in [7, 11) is 0. The van der Waals surface area contributed by atoms with E-state index in [0.717, 1.165) is 18.4 Å². The molecule has 2 unspecified atom stereocenters. The topological polar surface area (TPSA) is 49.3 Å². The smallest absolute Gasteiger partial charge is 0.223 e. The van der Waals surface area contributed by atoms with Gasteiger partial charge in [-0.2, -0.15) is 0 Å². The summed E-state index contributed by atoms with van der Waals surface area (Å²) in [6, 6.07) is 7.58. The summed E-state index contributed by atoms with van der Waals surface area (Å²) in [5.74, 6) is 0.265. The van der Waals surface area contributed by atoms with Gasteiger partial charge in [0.05, 0.1) is 12.1 Å². The van der Waals surface area contributed by atoms with Crippen LogP contribution in [0.15, 0.2) is 24.3 Å². The van der Waals surface area contributed by atoms with Gasteiger partial charge in [-0.3, -0.25) is 4.79 Å². The Bertz CT molecular complexity index is 487. The quantitative estimate of drug-likeness (QED) is 0.848. The minimum absolute atomic E-state index is 0.00609. The SMILES string of the molecule is CC(Cc1cccc(Cl)c1)C(=O)NC(C)(CO)C1CC1. The lowest BCUT2D eigenvalue weighted by molar-refractivity contribution is -0.127. The van der Waals surface area contributed by atoms with Crippen LogP contribution in [0.2, 0.25) is 5.02 Å². The van der Waals surface area contributed by atoms with Gasteiger partial charge in [0.25, 0.3) is 0 Å². The number of aliphatic hydroxyl groups is 1. The molecule has 4 heteroatoms. The highest BCUT2D eigenvalue weighted by atomic mass is 35.5. The van der Waals surface area contributed by atoms with Crippen LogP contribution in [0.4, 0.5) is 0 Å². The average molecular weight is 296 g/mol. The summed E-state index contributed by atoms with van der Waals surface area (Å²) in [5, 5.41) is 13.2. The van der Waals surface area contributed by atoms with Crippen molar-refractivity contribution in [1.82, 2.24) is 5.32 Å². The Morgan fingerprint density at radius 1 is 1.55 bits per heavy atom. The third kappa shape index (κ3) is 3.74. The van der Waals surface area contributed by atoms with Crippen LogP contribution in [0.25, 0.3) is 0 Å². The number of benzene rings is 1. The number of carbonyl (C=O) groups excluding carboxylic acids is 1. The molecule has 1 amide bonds. The molecule has 1 saturated carbocycles. The summed E-state index contributed by atoms with van der Waals surface area (Å²) >= 11 is 5.95. The van der Waals surface area contributed by atoms with E-state index in [-0.39, 0.29) is 18.4 Å². The molecular weight excluding hydrogens is 274 g/mol. The van der Waals surface area contributed by atoms with Crippen molar-refractivity contribution in [3.05, 3.63) is 34.9 Å². The van der Waals surface area contributed by atoms with E-state index in [0.29, 0.717) is 17.4 Å². The van der Waals surface area contributed by atoms with E-state index >= 15 is 0 Å². The van der Waals surface area contributed by atoms with Crippen molar-refractivity contribution in [1.29, 1.82) is 0 Å². The minimum atomic E-state index is -0.473. The zero-order chi connectivity index (χ0) is 14.8. The van der Waals surface area contributed by atoms with Gasteiger partial charge in [-0.1, -0.05) is 30.7 Å². The van der Waals surface area contributed by atoms with Crippen molar-refractivity contribution in [2.24, 2.45) is 11.8 Å². The van der Waals surface area contributed by atoms with Crippen LogP contribution in [0, 0.1) is 11.8 Å². The monoisotopic (exact) mass is 295 g/mol. The van der Waals surface area contributed by atoms with Gasteiger partial charge in [-0.05, 0) is 49.8 Å². The first-order valence-electron chi connectivity index (χ1n) is 7.12. The summed E-state index contributed by atoms with van der Waals surface area (Å²) in [6.07, 6.45) is 2.82. The summed E-state index contributed by atoms with van der Waals surface area (Å²) < 4.78 is 0. The van der Waals surface area contributed by atoms with E-state index in [1.807, 2.05) is 38.1 Å². The number of amides is 1. The number of carbonyl (C=O) groups is 1. The molecule has 20 heavy (non-hydrogen) atoms. The second-order valence-corrected chi connectivity index (χ2v) is 6.51. The maximum Gasteiger partial charge on any atom is 0.223 e. The largest absolute Gasteiger partial charge is 0.394 e. The molecule has 3 nitrogen and oxygen atoms in total. The first-order chi connectivity index (χ1) is 9.44. The molecule has 0 spiro atoms. The van der Waals surface area contributed by atoms with Gasteiger partial charge in [0, 0.05) is 10.9 Å². The van der Waals surface area contributed by atoms with Gasteiger partial charge < -0.3 is 10.4 Å². The van der Waals surface area contributed by atoms with Crippen LogP contribution < -0.4 is 5.32 Å². The maximum atomic E-state index is 12.3. The molecular formula is C16H22ClNO2. The van der Waals surface area contributed by atoms with Gasteiger partial charge in [0.15, 0.2) is 0 Å². The summed E-state index contributed by atoms with van der Waals surface area (Å²) in [6.45, 7) is 3.82. The first kappa shape index (κ1) is 15.3. The molecule has 2 N–H and O–H groups in total. The van der Waals surface area contributed by atoms with E-state index in [2.05, 4.69) is 5.32 Å². The molecule has 0 aromatic heterocycles. The van der Waals surface area contributed by atoms with Crippen molar-refractivity contribution in [3.63, 3.8) is 0 Å². The molecule has 0 aliphatic heterocycles. The van der Waals surface area contributed by atoms with Gasteiger partial charge in [-0.25, -0.2) is 0 Å². The number of nitrogens with one attached hydrogen (secondary N) is 1. The molecule has 1 aromatic rings. The fourth-order valence-electron chi connectivity index (χ4n) is 2.51. The van der Waals surface area contributed by atoms with Crippen LogP contribution in [-0.2, 0) is 11.2 Å². The Kier molecular flexibility index (Phi) is 4.71. The number of halogens is 1. The zero-order valence-electron chi connectivity index (χ0n) is 12.0. The van der Waals surface area contributed by atoms with Crippen LogP contribution >= 0.6 is 11.6 Å². The number of hydrogen-bond acceptors (Lipinski definition) is 2. The average Bonchev–Trinajstić information content (AvgIpc) is 3.23. The van der Waals surface area contributed by atoms with E-state index in [9.17, 15) is 9.90 Å². The molecule has 1 aromatic carbocycles. The molecule has 110 valence electrons. The summed E-state index contributed by atoms with van der Waals surface area (Å²) in [5.41, 5.74) is 0.580. The Morgan fingerprint density at radius 3 is 2.80 bits per heavy atom. The van der Waals surface area contributed by atoms with E-state index in [1.54, 1.807) is 0 Å². The lowest BCUT2D eigenvalue weighted by Crippen LogP contribution is -2.52. The van der Waals surface area contributed by atoms with E-state index in [1.165, 1.54) is 0 Å². The van der Waals surface area contributed by atoms with Gasteiger partial charge in [0.2, 0.25) is 5.91 Å². The molecule has 2 atom stereocenters. The van der Waals surface area contributed by atoms with Gasteiger partial charge in [-0.15, -0.1) is 0 Å². The third-order valence-corrected chi connectivity index (χ3v) is 4.33. The van der Waals surface area contributed by atoms with Crippen LogP contribution in [0.3, 0.4) is 0 Å². The van der Waals surface area contributed by atoms with Crippen molar-refractivity contribution >= 4 is 17.5 Å². The van der Waals surface area contributed by atoms with Crippen LogP contribution in [0.1, 0.15) is 32.3 Å². The van der Waals surface area contributed by atoms with E-state index < -0.39 is 5.54 Å². The normalized spacial score (nSPS) is 19.2. The van der Waals surface area contributed by atoms with Gasteiger partial charge >= 0.3 is 0 Å². The molecule has 0 heterocycles. The molecule has 0 radical (unpaired) electrons. The fourth-order valence-corrected chi connectivity index (χ4v) is 2.72. The number of rotatable bonds is 6. The Hall–Kier alpha value is -1.06. The molecule has 1 aliphatic carbocycles. The molecule has 0 saturated heterocycles. The van der Waals surface area contributed by atoms with Crippen molar-refractivity contribution < 1.29 is 9.90 Å². The predicted octanol–water partition coefficient (Wildman–Crippen LogP) is 2.80. The Morgan fingerprint density at radius 2 is 2.25 bits per heavy atom. The van der Waals surface area contributed by atoms with Crippen molar-refractivity contribution in [2.45, 2.75) is 38.6 Å². The van der Waals surface area contributed by atoms with Gasteiger partial charge in [0.1, 0.15) is 0 Å². The highest BCUT2D eigenvalue weighted by Gasteiger charge is 2.42. The second kappa shape index (κ2) is 6.15. The van der Waals surface area contributed by atoms with Crippen molar-refractivity contribution in [3.8, 4) is 0 Å². The minimum Gasteiger partial charge on any atom is -0.394 e. The molecule has 0 bridgehead atoms. The standard InChI is InChI=1S/C16H22ClNO2/c1-11(8-12-4-3-5-14(17)9-12)15(20)18-16(2,10-19)13-6-7-13/h3-5,9,11,13,19H,6-8,10H2,1-2H3,(H,18,20). The molecule has 1 aliphatic rings. The van der Waals surface area contributed by atoms with Crippen LogP contribution in [-0.4, -0.2) is 23.2 Å². The maximum absolute atomic E-state index is 12.3. The highest BCUT2D eigenvalue weighted by Crippen LogP contribution is 2.39. The highest BCUT2D eigenvalue weighted by molar-refractivity contribution is 6.30. The van der Waals surface area contributed by atoms with Crippen molar-refractivity contribution in [2.75, 3.05) is 6.61 Å². The lowest BCUT2D eigenvalue weighted by atomic mass is 9.94. The lowest BCUT2D eigenvalue weighted by Gasteiger charge is -2.30.